The Morgan fingerprint density at radius 2 is 2.00 bits per heavy atom. The second-order valence-corrected chi connectivity index (χ2v) is 3.34. The molecule has 0 amide bonds. The largest absolute Gasteiger partial charge is 0.374 e. The fourth-order valence-electron chi connectivity index (χ4n) is 1.45. The Bertz CT molecular complexity index is 442. The van der Waals surface area contributed by atoms with Crippen LogP contribution in [0.2, 0.25) is 0 Å². The van der Waals surface area contributed by atoms with Gasteiger partial charge in [-0.2, -0.15) is 0 Å². The Morgan fingerprint density at radius 3 is 2.87 bits per heavy atom. The van der Waals surface area contributed by atoms with Crippen molar-refractivity contribution >= 4 is 10.9 Å². The molecule has 0 aliphatic rings. The Kier molecular flexibility index (Phi) is 3.27. The molecule has 2 rings (SSSR count). The van der Waals surface area contributed by atoms with E-state index < -0.39 is 0 Å². The van der Waals surface area contributed by atoms with E-state index in [2.05, 4.69) is 11.1 Å². The molecule has 0 aliphatic heterocycles. The van der Waals surface area contributed by atoms with Crippen LogP contribution in [-0.2, 0) is 11.3 Å². The highest BCUT2D eigenvalue weighted by atomic mass is 16.5. The van der Waals surface area contributed by atoms with Crippen LogP contribution in [-0.4, -0.2) is 18.1 Å². The minimum absolute atomic E-state index is 0.530. The van der Waals surface area contributed by atoms with Gasteiger partial charge in [-0.05, 0) is 12.1 Å². The van der Waals surface area contributed by atoms with E-state index in [0.29, 0.717) is 19.8 Å². The van der Waals surface area contributed by atoms with Crippen LogP contribution in [0, 0.1) is 0 Å². The van der Waals surface area contributed by atoms with Gasteiger partial charge in [0.15, 0.2) is 0 Å². The topological polar surface area (TPSA) is 48.1 Å². The van der Waals surface area contributed by atoms with Crippen molar-refractivity contribution in [3.63, 3.8) is 0 Å². The number of para-hydroxylation sites is 1. The molecule has 0 saturated carbocycles. The fraction of sp³-hybridized carbons (Fsp3) is 0.250. The lowest BCUT2D eigenvalue weighted by Gasteiger charge is -2.03. The summed E-state index contributed by atoms with van der Waals surface area (Å²) in [4.78, 5) is 4.48. The summed E-state index contributed by atoms with van der Waals surface area (Å²) in [7, 11) is 0. The number of ether oxygens (including phenoxy) is 1. The van der Waals surface area contributed by atoms with Crippen molar-refractivity contribution in [2.24, 2.45) is 5.73 Å². The first-order valence-corrected chi connectivity index (χ1v) is 5.02. The van der Waals surface area contributed by atoms with Crippen molar-refractivity contribution in [1.29, 1.82) is 0 Å². The second-order valence-electron chi connectivity index (χ2n) is 3.34. The smallest absolute Gasteiger partial charge is 0.0888 e. The predicted octanol–water partition coefficient (Wildman–Crippen LogP) is 1.71. The number of hydrogen-bond donors (Lipinski definition) is 1. The maximum absolute atomic E-state index is 5.34. The third kappa shape index (κ3) is 2.52. The van der Waals surface area contributed by atoms with Gasteiger partial charge in [-0.25, -0.2) is 0 Å². The fourth-order valence-corrected chi connectivity index (χ4v) is 1.45. The minimum atomic E-state index is 0.530. The first kappa shape index (κ1) is 10.1. The van der Waals surface area contributed by atoms with Gasteiger partial charge < -0.3 is 10.5 Å². The summed E-state index contributed by atoms with van der Waals surface area (Å²) in [6.45, 7) is 1.66. The van der Waals surface area contributed by atoms with Gasteiger partial charge in [-0.3, -0.25) is 4.98 Å². The summed E-state index contributed by atoms with van der Waals surface area (Å²) < 4.78 is 5.33. The highest BCUT2D eigenvalue weighted by molar-refractivity contribution is 5.78. The van der Waals surface area contributed by atoms with Crippen LogP contribution in [0.5, 0.6) is 0 Å². The van der Waals surface area contributed by atoms with Crippen molar-refractivity contribution < 1.29 is 4.74 Å². The van der Waals surface area contributed by atoms with Gasteiger partial charge in [0.25, 0.3) is 0 Å². The molecule has 0 radical (unpaired) electrons. The maximum Gasteiger partial charge on any atom is 0.0888 e. The summed E-state index contributed by atoms with van der Waals surface area (Å²) in [5, 5.41) is 1.15. The molecule has 0 bridgehead atoms. The normalized spacial score (nSPS) is 10.7. The van der Waals surface area contributed by atoms with Gasteiger partial charge in [-0.15, -0.1) is 0 Å². The molecule has 1 aromatic heterocycles. The molecular formula is C12H14N2O. The van der Waals surface area contributed by atoms with Crippen molar-refractivity contribution in [3.8, 4) is 0 Å². The van der Waals surface area contributed by atoms with E-state index in [4.69, 9.17) is 10.5 Å². The molecule has 0 fully saturated rings. The van der Waals surface area contributed by atoms with E-state index in [9.17, 15) is 0 Å². The zero-order chi connectivity index (χ0) is 10.5. The van der Waals surface area contributed by atoms with Crippen LogP contribution in [0.4, 0.5) is 0 Å². The molecule has 0 unspecified atom stereocenters. The monoisotopic (exact) mass is 202 g/mol. The lowest BCUT2D eigenvalue weighted by molar-refractivity contribution is 0.125. The highest BCUT2D eigenvalue weighted by Gasteiger charge is 1.97. The van der Waals surface area contributed by atoms with E-state index in [1.165, 1.54) is 0 Å². The number of nitrogens with two attached hydrogens (primary N) is 1. The van der Waals surface area contributed by atoms with Crippen molar-refractivity contribution in [2.75, 3.05) is 13.2 Å². The van der Waals surface area contributed by atoms with Gasteiger partial charge in [0.1, 0.15) is 0 Å². The van der Waals surface area contributed by atoms with Gasteiger partial charge in [-0.1, -0.05) is 24.3 Å². The van der Waals surface area contributed by atoms with Crippen LogP contribution in [0.1, 0.15) is 5.69 Å². The molecule has 0 atom stereocenters. The number of nitrogens with zero attached hydrogens (tertiary/aromatic N) is 1. The molecular weight excluding hydrogens is 188 g/mol. The van der Waals surface area contributed by atoms with E-state index in [0.717, 1.165) is 16.6 Å². The lowest BCUT2D eigenvalue weighted by atomic mass is 10.2. The second kappa shape index (κ2) is 4.87. The quantitative estimate of drug-likeness (QED) is 0.768. The van der Waals surface area contributed by atoms with Gasteiger partial charge in [0.05, 0.1) is 24.4 Å². The molecule has 1 heterocycles. The van der Waals surface area contributed by atoms with Crippen molar-refractivity contribution in [3.05, 3.63) is 42.1 Å². The number of hydrogen-bond acceptors (Lipinski definition) is 3. The molecule has 2 aromatic rings. The average Bonchev–Trinajstić information content (AvgIpc) is 2.29. The number of pyridine rings is 1. The molecule has 0 aliphatic carbocycles. The van der Waals surface area contributed by atoms with Crippen LogP contribution in [0.15, 0.2) is 36.4 Å². The lowest BCUT2D eigenvalue weighted by Crippen LogP contribution is -2.08. The van der Waals surface area contributed by atoms with Crippen LogP contribution in [0.25, 0.3) is 10.9 Å². The summed E-state index contributed by atoms with van der Waals surface area (Å²) in [6, 6.07) is 12.1. The first-order valence-electron chi connectivity index (χ1n) is 5.02. The number of rotatable bonds is 4. The SMILES string of the molecule is NCCOCc1ccc2ccccc2n1. The predicted molar refractivity (Wildman–Crippen MR) is 60.5 cm³/mol. The first-order chi connectivity index (χ1) is 7.40. The van der Waals surface area contributed by atoms with Crippen molar-refractivity contribution in [1.82, 2.24) is 4.98 Å². The maximum atomic E-state index is 5.34. The number of aromatic nitrogens is 1. The third-order valence-electron chi connectivity index (χ3n) is 2.17. The summed E-state index contributed by atoms with van der Waals surface area (Å²) >= 11 is 0. The molecule has 1 aromatic carbocycles. The van der Waals surface area contributed by atoms with Crippen molar-refractivity contribution in [2.45, 2.75) is 6.61 Å². The highest BCUT2D eigenvalue weighted by Crippen LogP contribution is 2.11. The Hall–Kier alpha value is -1.45. The van der Waals surface area contributed by atoms with Gasteiger partial charge in [0, 0.05) is 11.9 Å². The zero-order valence-electron chi connectivity index (χ0n) is 8.52. The zero-order valence-corrected chi connectivity index (χ0v) is 8.52. The van der Waals surface area contributed by atoms with E-state index in [1.807, 2.05) is 30.3 Å². The summed E-state index contributed by atoms with van der Waals surface area (Å²) in [5.41, 5.74) is 7.29. The summed E-state index contributed by atoms with van der Waals surface area (Å²) in [5.74, 6) is 0. The number of fused-ring (bicyclic) bond motifs is 1. The molecule has 78 valence electrons. The molecule has 0 saturated heterocycles. The Morgan fingerprint density at radius 1 is 1.13 bits per heavy atom. The molecule has 3 heteroatoms. The molecule has 2 N–H and O–H groups in total. The Balaban J connectivity index is 2.16. The minimum Gasteiger partial charge on any atom is -0.374 e. The molecule has 3 nitrogen and oxygen atoms in total. The molecule has 15 heavy (non-hydrogen) atoms. The van der Waals surface area contributed by atoms with Gasteiger partial charge >= 0.3 is 0 Å². The standard InChI is InChI=1S/C12H14N2O/c13-7-8-15-9-11-6-5-10-3-1-2-4-12(10)14-11/h1-6H,7-9,13H2. The van der Waals surface area contributed by atoms with E-state index >= 15 is 0 Å². The summed E-state index contributed by atoms with van der Waals surface area (Å²) in [6.07, 6.45) is 0. The average molecular weight is 202 g/mol. The molecule has 0 spiro atoms. The third-order valence-corrected chi connectivity index (χ3v) is 2.17. The van der Waals surface area contributed by atoms with Gasteiger partial charge in [0.2, 0.25) is 0 Å². The van der Waals surface area contributed by atoms with E-state index in [1.54, 1.807) is 0 Å². The van der Waals surface area contributed by atoms with Crippen LogP contribution >= 0.6 is 0 Å². The van der Waals surface area contributed by atoms with Crippen LogP contribution in [0.3, 0.4) is 0 Å². The van der Waals surface area contributed by atoms with Crippen LogP contribution < -0.4 is 5.73 Å². The Labute approximate surface area is 88.9 Å². The number of benzene rings is 1. The van der Waals surface area contributed by atoms with E-state index in [-0.39, 0.29) is 0 Å².